The van der Waals surface area contributed by atoms with Crippen molar-refractivity contribution in [2.45, 2.75) is 19.3 Å². The normalized spacial score (nSPS) is 14.4. The number of carbonyl (C=O) groups is 2. The number of carboxylic acids is 1. The number of nitrogens with two attached hydrogens (primary N) is 1. The van der Waals surface area contributed by atoms with Gasteiger partial charge in [-0.25, -0.2) is 29.3 Å². The molecule has 2 fully saturated rings. The number of aliphatic carboxylic acids is 1. The average Bonchev–Trinajstić information content (AvgIpc) is 4.28. The predicted molar refractivity (Wildman–Crippen MR) is 279 cm³/mol. The quantitative estimate of drug-likeness (QED) is 0.0599. The van der Waals surface area contributed by atoms with E-state index in [1.807, 2.05) is 72.9 Å². The first-order valence-electron chi connectivity index (χ1n) is 24.1. The second kappa shape index (κ2) is 22.8. The molecule has 9 aromatic rings. The van der Waals surface area contributed by atoms with Crippen LogP contribution in [0.15, 0.2) is 133 Å². The molecular weight excluding hydrogens is 963 g/mol. The molecule has 0 radical (unpaired) electrons. The Morgan fingerprint density at radius 3 is 1.85 bits per heavy atom. The average molecular weight is 1010 g/mol. The zero-order valence-electron chi connectivity index (χ0n) is 40.4. The van der Waals surface area contributed by atoms with Crippen molar-refractivity contribution in [3.05, 3.63) is 156 Å². The number of nitrogens with zero attached hydrogens (tertiary/aromatic N) is 10. The summed E-state index contributed by atoms with van der Waals surface area (Å²) in [4.78, 5) is 64.7. The van der Waals surface area contributed by atoms with Crippen LogP contribution in [0.5, 0.6) is 0 Å². The minimum atomic E-state index is -0.951. The number of ketones is 1. The number of nitrogens with one attached hydrogen (secondary N) is 3. The number of benzene rings is 2. The Morgan fingerprint density at radius 1 is 0.667 bits per heavy atom. The van der Waals surface area contributed by atoms with Gasteiger partial charge in [-0.05, 0) is 71.8 Å². The van der Waals surface area contributed by atoms with Crippen molar-refractivity contribution in [2.75, 3.05) is 74.7 Å². The van der Waals surface area contributed by atoms with Crippen LogP contribution in [0.2, 0.25) is 0 Å². The van der Waals surface area contributed by atoms with Crippen molar-refractivity contribution < 1.29 is 33.0 Å². The van der Waals surface area contributed by atoms with E-state index >= 15 is 0 Å². The lowest BCUT2D eigenvalue weighted by molar-refractivity contribution is -0.136. The summed E-state index contributed by atoms with van der Waals surface area (Å²) in [6.07, 6.45) is 9.97. The van der Waals surface area contributed by atoms with Crippen LogP contribution in [0.25, 0.3) is 56.1 Å². The van der Waals surface area contributed by atoms with E-state index in [0.29, 0.717) is 60.8 Å². The maximum atomic E-state index is 13.4. The first-order valence-corrected chi connectivity index (χ1v) is 24.1. The number of aliphatic imine (C=N–C) groups is 1. The summed E-state index contributed by atoms with van der Waals surface area (Å²) in [7, 11) is 0. The number of imidazole rings is 2. The van der Waals surface area contributed by atoms with Crippen LogP contribution in [0.3, 0.4) is 0 Å². The monoisotopic (exact) mass is 1010 g/mol. The summed E-state index contributed by atoms with van der Waals surface area (Å²) in [5.74, 6) is 1.54. The number of morpholine rings is 2. The number of H-pyrrole nitrogens is 3. The molecule has 0 amide bonds. The molecule has 21 heteroatoms. The van der Waals surface area contributed by atoms with Gasteiger partial charge >= 0.3 is 5.97 Å². The van der Waals surface area contributed by atoms with Gasteiger partial charge in [0.15, 0.2) is 11.6 Å². The molecule has 0 spiro atoms. The van der Waals surface area contributed by atoms with E-state index < -0.39 is 17.7 Å². The Morgan fingerprint density at radius 2 is 1.27 bits per heavy atom. The van der Waals surface area contributed by atoms with E-state index in [0.717, 1.165) is 119 Å². The van der Waals surface area contributed by atoms with Crippen LogP contribution >= 0.6 is 0 Å². The zero-order valence-corrected chi connectivity index (χ0v) is 40.4. The molecular formula is C54H50F2N14O5. The number of rotatable bonds is 12. The summed E-state index contributed by atoms with van der Waals surface area (Å²) in [6.45, 7) is 6.56. The van der Waals surface area contributed by atoms with E-state index in [4.69, 9.17) is 30.3 Å². The smallest absolute Gasteiger partial charge is 0.309 e. The number of fused-ring (bicyclic) bond motifs is 2. The number of nitrogen functional groups attached to an aromatic ring is 1. The molecule has 75 heavy (non-hydrogen) atoms. The van der Waals surface area contributed by atoms with E-state index in [1.54, 1.807) is 18.3 Å². The number of hydrogen-bond donors (Lipinski definition) is 5. The number of ether oxygens (including phenoxy) is 2. The number of carboxylic acid groups (broad SMARTS) is 1. The van der Waals surface area contributed by atoms with Gasteiger partial charge in [0.05, 0.1) is 68.0 Å². The largest absolute Gasteiger partial charge is 0.481 e. The predicted octanol–water partition coefficient (Wildman–Crippen LogP) is 7.21. The van der Waals surface area contributed by atoms with Crippen LogP contribution in [-0.2, 0) is 31.9 Å². The lowest BCUT2D eigenvalue weighted by Gasteiger charge is -2.27. The molecule has 19 nitrogen and oxygen atoms in total. The van der Waals surface area contributed by atoms with Crippen molar-refractivity contribution >= 4 is 56.9 Å². The van der Waals surface area contributed by atoms with E-state index in [1.165, 1.54) is 24.5 Å². The minimum Gasteiger partial charge on any atom is -0.481 e. The molecule has 0 atom stereocenters. The molecule has 7 aromatic heterocycles. The Labute approximate surface area is 427 Å². The van der Waals surface area contributed by atoms with Crippen LogP contribution < -0.4 is 15.5 Å². The van der Waals surface area contributed by atoms with Gasteiger partial charge in [-0.2, -0.15) is 9.49 Å². The van der Waals surface area contributed by atoms with Crippen molar-refractivity contribution in [3.8, 4) is 34.0 Å². The second-order valence-electron chi connectivity index (χ2n) is 17.8. The second-order valence-corrected chi connectivity index (χ2v) is 17.8. The Bertz CT molecular complexity index is 3530. The van der Waals surface area contributed by atoms with Crippen molar-refractivity contribution in [1.82, 2.24) is 50.1 Å². The molecule has 0 unspecified atom stereocenters. The molecule has 3 aliphatic heterocycles. The minimum absolute atomic E-state index is 0.112. The number of Topliss-reactive ketones (excluding diaryl/α,β-unsaturated/α-hetero) is 1. The molecule has 12 rings (SSSR count). The molecule has 10 heterocycles. The van der Waals surface area contributed by atoms with Crippen LogP contribution in [0.1, 0.15) is 23.2 Å². The van der Waals surface area contributed by atoms with Gasteiger partial charge in [0.25, 0.3) is 0 Å². The van der Waals surface area contributed by atoms with Gasteiger partial charge in [0.1, 0.15) is 34.3 Å². The molecule has 6 N–H and O–H groups in total. The molecule has 2 aromatic carbocycles. The fourth-order valence-electron chi connectivity index (χ4n) is 8.72. The highest BCUT2D eigenvalue weighted by Gasteiger charge is 2.21. The van der Waals surface area contributed by atoms with Gasteiger partial charge in [-0.15, -0.1) is 0 Å². The first kappa shape index (κ1) is 49.5. The number of carbonyl (C=O) groups excluding carboxylic acids is 1. The number of pyridine rings is 4. The molecule has 380 valence electrons. The number of anilines is 3. The molecule has 0 aliphatic carbocycles. The van der Waals surface area contributed by atoms with Gasteiger partial charge < -0.3 is 40.1 Å². The summed E-state index contributed by atoms with van der Waals surface area (Å²) >= 11 is 0. The Hall–Kier alpha value is -9.08. The Kier molecular flexibility index (Phi) is 15.0. The number of aromatic amines is 3. The third-order valence-electron chi connectivity index (χ3n) is 12.4. The van der Waals surface area contributed by atoms with Crippen molar-refractivity contribution in [3.63, 3.8) is 0 Å². The van der Waals surface area contributed by atoms with Crippen molar-refractivity contribution in [1.29, 1.82) is 0 Å². The molecule has 3 aliphatic rings. The number of halogens is 2. The van der Waals surface area contributed by atoms with Crippen LogP contribution in [0, 0.1) is 11.8 Å². The van der Waals surface area contributed by atoms with E-state index in [2.05, 4.69) is 54.9 Å². The SMILES string of the molecule is Nc1ccc(-c2nc3c(N4CCOCC4)nccc3[nH]2)cc1.O=C(CC1=CC(c2ccnc(F)c2)=NC1)Cc1ccc(-c2nc3c(N4CCOCC4)nccc3[nH]2)cc1.O=C(O)Cc1cc(-c2cncc(F)c2)n[nH]1. The zero-order chi connectivity index (χ0) is 51.7. The summed E-state index contributed by atoms with van der Waals surface area (Å²) in [5.41, 5.74) is 16.8. The van der Waals surface area contributed by atoms with Gasteiger partial charge in [0.2, 0.25) is 5.95 Å². The Balaban J connectivity index is 0.000000142. The highest BCUT2D eigenvalue weighted by Crippen LogP contribution is 2.29. The van der Waals surface area contributed by atoms with Gasteiger partial charge in [0, 0.05) is 104 Å². The molecule has 0 saturated carbocycles. The first-order chi connectivity index (χ1) is 36.6. The third kappa shape index (κ3) is 12.2. The maximum Gasteiger partial charge on any atom is 0.309 e. The topological polar surface area (TPSA) is 255 Å². The fourth-order valence-corrected chi connectivity index (χ4v) is 8.72. The lowest BCUT2D eigenvalue weighted by Crippen LogP contribution is -2.36. The standard InChI is InChI=1S/C28H25FN6O2.C16H17N5O.C10H8FN3O2/c29-25-16-21(5-7-30-25)24-15-19(17-32-24)14-22(36)13-18-1-3-20(4-2-18)27-33-23-6-8-31-28(26(23)34-27)35-9-11-37-12-10-35;17-12-3-1-11(2-4-12)15-19-13-5-6-18-16(14(13)20-15)21-7-9-22-10-8-21;11-7-1-6(4-12-5-7)9-2-8(13-14-9)3-10(15)16/h1-8,15-16H,9-14,17H2,(H,33,34);1-6H,7-10,17H2,(H,19,20);1-2,4-5H,3H2,(H,13,14)(H,15,16). The maximum absolute atomic E-state index is 13.4. The lowest BCUT2D eigenvalue weighted by atomic mass is 10.0. The summed E-state index contributed by atoms with van der Waals surface area (Å²) in [5, 5.41) is 15.0. The highest BCUT2D eigenvalue weighted by atomic mass is 19.1. The van der Waals surface area contributed by atoms with Crippen LogP contribution in [0.4, 0.5) is 26.1 Å². The number of allylic oxidation sites excluding steroid dienone is 1. The van der Waals surface area contributed by atoms with Crippen molar-refractivity contribution in [2.24, 2.45) is 4.99 Å². The number of hydrogen-bond acceptors (Lipinski definition) is 15. The summed E-state index contributed by atoms with van der Waals surface area (Å²) in [6, 6.07) is 25.4. The number of aromatic nitrogens is 10. The fraction of sp³-hybridized carbons (Fsp3) is 0.222. The molecule has 0 bridgehead atoms. The van der Waals surface area contributed by atoms with E-state index in [9.17, 15) is 18.4 Å². The van der Waals surface area contributed by atoms with Gasteiger partial charge in [-0.1, -0.05) is 24.3 Å². The van der Waals surface area contributed by atoms with Crippen LogP contribution in [-0.4, -0.2) is 132 Å². The van der Waals surface area contributed by atoms with E-state index in [-0.39, 0.29) is 12.2 Å². The third-order valence-corrected chi connectivity index (χ3v) is 12.4. The molecule has 2 saturated heterocycles. The highest BCUT2D eigenvalue weighted by molar-refractivity contribution is 6.10. The summed E-state index contributed by atoms with van der Waals surface area (Å²) < 4.78 is 37.2. The van der Waals surface area contributed by atoms with Gasteiger partial charge in [-0.3, -0.25) is 24.7 Å².